The van der Waals surface area contributed by atoms with Gasteiger partial charge < -0.3 is 9.64 Å². The lowest BCUT2D eigenvalue weighted by Gasteiger charge is -2.38. The maximum Gasteiger partial charge on any atom is 0.416 e. The molecule has 5 rings (SSSR count). The lowest BCUT2D eigenvalue weighted by molar-refractivity contribution is -0.137. The molecule has 0 bridgehead atoms. The maximum atomic E-state index is 14.3. The summed E-state index contributed by atoms with van der Waals surface area (Å²) < 4.78 is 48.1. The molecule has 1 fully saturated rings. The van der Waals surface area contributed by atoms with Gasteiger partial charge in [-0.05, 0) is 85.8 Å². The molecule has 0 spiro atoms. The van der Waals surface area contributed by atoms with E-state index in [1.165, 1.54) is 23.5 Å². The van der Waals surface area contributed by atoms with E-state index in [1.54, 1.807) is 4.42 Å². The minimum absolute atomic E-state index is 0.0455. The van der Waals surface area contributed by atoms with E-state index in [-0.39, 0.29) is 24.5 Å². The molecule has 1 amide bonds. The van der Waals surface area contributed by atoms with E-state index in [9.17, 15) is 18.0 Å². The number of thiophene rings is 1. The van der Waals surface area contributed by atoms with Crippen LogP contribution in [0.3, 0.4) is 0 Å². The van der Waals surface area contributed by atoms with Crippen LogP contribution in [0.25, 0.3) is 21.2 Å². The Hall–Kier alpha value is -2.78. The van der Waals surface area contributed by atoms with Crippen molar-refractivity contribution in [2.24, 2.45) is 0 Å². The van der Waals surface area contributed by atoms with Gasteiger partial charge >= 0.3 is 6.18 Å². The van der Waals surface area contributed by atoms with Gasteiger partial charge in [-0.3, -0.25) is 4.79 Å². The zero-order valence-electron chi connectivity index (χ0n) is 23.3. The summed E-state index contributed by atoms with van der Waals surface area (Å²) in [4.78, 5) is 16.7. The zero-order valence-corrected chi connectivity index (χ0v) is 25.6. The summed E-state index contributed by atoms with van der Waals surface area (Å²) in [5.41, 5.74) is 1.45. The van der Waals surface area contributed by atoms with E-state index in [4.69, 9.17) is 28.1 Å². The first-order valence-electron chi connectivity index (χ1n) is 13.9. The van der Waals surface area contributed by atoms with Crippen LogP contribution in [0.15, 0.2) is 66.7 Å². The number of nitrogens with zero attached hydrogens (tertiary/aromatic N) is 2. The third-order valence-corrected chi connectivity index (χ3v) is 9.79. The number of ether oxygens (including phenoxy) is 1. The first-order valence-corrected chi connectivity index (χ1v) is 15.4. The highest BCUT2D eigenvalue weighted by atomic mass is 35.5. The van der Waals surface area contributed by atoms with Gasteiger partial charge in [0.2, 0.25) is 0 Å². The zero-order chi connectivity index (χ0) is 30.0. The lowest BCUT2D eigenvalue weighted by atomic mass is 9.89. The highest BCUT2D eigenvalue weighted by Crippen LogP contribution is 2.39. The summed E-state index contributed by atoms with van der Waals surface area (Å²) in [5, 5.41) is 1.29. The van der Waals surface area contributed by atoms with E-state index in [2.05, 4.69) is 0 Å². The second kappa shape index (κ2) is 12.8. The molecule has 0 atom stereocenters. The van der Waals surface area contributed by atoms with Crippen LogP contribution in [0.5, 0.6) is 5.75 Å². The molecule has 222 valence electrons. The van der Waals surface area contributed by atoms with Crippen molar-refractivity contribution in [2.75, 3.05) is 13.7 Å². The van der Waals surface area contributed by atoms with Crippen LogP contribution < -0.4 is 4.74 Å². The topological polar surface area (TPSA) is 32.8 Å². The van der Waals surface area contributed by atoms with Crippen LogP contribution in [0.4, 0.5) is 13.2 Å². The molecular formula is C32H31Cl2F3N2O2S. The molecule has 1 aromatic heterocycles. The third-order valence-electron chi connectivity index (χ3n) is 7.85. The van der Waals surface area contributed by atoms with Crippen molar-refractivity contribution < 1.29 is 22.7 Å². The Morgan fingerprint density at radius 2 is 1.62 bits per heavy atom. The smallest absolute Gasteiger partial charge is 0.416 e. The number of rotatable bonds is 8. The molecule has 3 aromatic carbocycles. The summed E-state index contributed by atoms with van der Waals surface area (Å²) >= 11 is 14.4. The molecule has 1 heterocycles. The monoisotopic (exact) mass is 634 g/mol. The average Bonchev–Trinajstić information content (AvgIpc) is 3.32. The van der Waals surface area contributed by atoms with Gasteiger partial charge in [0.05, 0.1) is 17.2 Å². The fourth-order valence-electron chi connectivity index (χ4n) is 5.59. The maximum absolute atomic E-state index is 14.3. The number of amides is 1. The molecule has 4 nitrogen and oxygen atoms in total. The first kappa shape index (κ1) is 30.7. The quantitative estimate of drug-likeness (QED) is 0.181. The SMILES string of the molecule is CCOc1ccc(-c2ccc(C(F)(F)F)cc2)cc1CN(C(=O)c1sc2ccccc2c1Cl)[C@H]1CC[C@H](N(C)Cl)CC1. The molecule has 10 heteroatoms. The van der Waals surface area contributed by atoms with Gasteiger partial charge in [0.25, 0.3) is 5.91 Å². The minimum Gasteiger partial charge on any atom is -0.494 e. The van der Waals surface area contributed by atoms with Gasteiger partial charge in [-0.2, -0.15) is 13.2 Å². The first-order chi connectivity index (χ1) is 20.1. The van der Waals surface area contributed by atoms with Gasteiger partial charge in [0.15, 0.2) is 0 Å². The molecule has 1 aliphatic carbocycles. The van der Waals surface area contributed by atoms with Crippen molar-refractivity contribution in [3.63, 3.8) is 0 Å². The molecule has 1 aliphatic rings. The average molecular weight is 636 g/mol. The fourth-order valence-corrected chi connectivity index (χ4v) is 7.25. The number of carbonyl (C=O) groups is 1. The van der Waals surface area contributed by atoms with Crippen LogP contribution >= 0.6 is 34.7 Å². The number of hydrogen-bond donors (Lipinski definition) is 0. The minimum atomic E-state index is -4.41. The van der Waals surface area contributed by atoms with E-state index >= 15 is 0 Å². The Morgan fingerprint density at radius 1 is 0.976 bits per heavy atom. The van der Waals surface area contributed by atoms with Crippen molar-refractivity contribution >= 4 is 50.7 Å². The van der Waals surface area contributed by atoms with E-state index in [1.807, 2.05) is 61.3 Å². The highest BCUT2D eigenvalue weighted by molar-refractivity contribution is 7.21. The summed E-state index contributed by atoms with van der Waals surface area (Å²) in [7, 11) is 1.85. The standard InChI is InChI=1S/C32H31Cl2F3N2O2S/c1-3-41-27-17-10-21(20-8-11-23(12-9-20)32(35,36)37)18-22(27)19-39(25-15-13-24(14-16-25)38(2)34)31(40)30-29(33)26-6-4-5-7-28(26)42-30/h4-12,17-18,24-25H,3,13-16,19H2,1-2H3/t24-,25-. The Labute approximate surface area is 257 Å². The number of fused-ring (bicyclic) bond motifs is 1. The molecular weight excluding hydrogens is 604 g/mol. The number of hydrogen-bond acceptors (Lipinski definition) is 4. The summed E-state index contributed by atoms with van der Waals surface area (Å²) in [5.74, 6) is 0.480. The van der Waals surface area contributed by atoms with Crippen LogP contribution in [0, 0.1) is 0 Å². The molecule has 0 N–H and O–H groups in total. The molecule has 0 saturated heterocycles. The van der Waals surface area contributed by atoms with Crippen LogP contribution in [0.2, 0.25) is 5.02 Å². The van der Waals surface area contributed by atoms with Gasteiger partial charge in [-0.15, -0.1) is 11.3 Å². The van der Waals surface area contributed by atoms with Crippen molar-refractivity contribution in [3.05, 3.63) is 87.8 Å². The van der Waals surface area contributed by atoms with Gasteiger partial charge in [0, 0.05) is 41.3 Å². The molecule has 0 aliphatic heterocycles. The molecule has 42 heavy (non-hydrogen) atoms. The fraction of sp³-hybridized carbons (Fsp3) is 0.344. The molecule has 1 saturated carbocycles. The number of carbonyl (C=O) groups excluding carboxylic acids is 1. The van der Waals surface area contributed by atoms with E-state index < -0.39 is 11.7 Å². The largest absolute Gasteiger partial charge is 0.494 e. The predicted molar refractivity (Wildman–Crippen MR) is 164 cm³/mol. The highest BCUT2D eigenvalue weighted by Gasteiger charge is 2.33. The summed E-state index contributed by atoms with van der Waals surface area (Å²) in [6.07, 6.45) is -1.16. The van der Waals surface area contributed by atoms with Gasteiger partial charge in [-0.1, -0.05) is 48.0 Å². The summed E-state index contributed by atoms with van der Waals surface area (Å²) in [6.45, 7) is 2.58. The van der Waals surface area contributed by atoms with Gasteiger partial charge in [0.1, 0.15) is 10.6 Å². The van der Waals surface area contributed by atoms with Crippen molar-refractivity contribution in [2.45, 2.75) is 57.4 Å². The Morgan fingerprint density at radius 3 is 2.24 bits per heavy atom. The molecule has 4 aromatic rings. The van der Waals surface area contributed by atoms with Crippen LogP contribution in [-0.2, 0) is 12.7 Å². The van der Waals surface area contributed by atoms with Crippen molar-refractivity contribution in [1.29, 1.82) is 0 Å². The predicted octanol–water partition coefficient (Wildman–Crippen LogP) is 9.68. The van der Waals surface area contributed by atoms with E-state index in [0.29, 0.717) is 27.8 Å². The van der Waals surface area contributed by atoms with E-state index in [0.717, 1.165) is 59.0 Å². The van der Waals surface area contributed by atoms with Gasteiger partial charge in [-0.25, -0.2) is 4.42 Å². The Balaban J connectivity index is 1.52. The Bertz CT molecular complexity index is 1550. The number of halogens is 5. The van der Waals surface area contributed by atoms with Crippen molar-refractivity contribution in [1.82, 2.24) is 9.32 Å². The second-order valence-corrected chi connectivity index (χ2v) is 12.5. The number of benzene rings is 3. The number of alkyl halides is 3. The lowest BCUT2D eigenvalue weighted by Crippen LogP contribution is -2.44. The third kappa shape index (κ3) is 6.57. The summed E-state index contributed by atoms with van der Waals surface area (Å²) in [6, 6.07) is 18.5. The van der Waals surface area contributed by atoms with Crippen LogP contribution in [-0.4, -0.2) is 41.0 Å². The van der Waals surface area contributed by atoms with Crippen molar-refractivity contribution in [3.8, 4) is 16.9 Å². The molecule has 0 radical (unpaired) electrons. The second-order valence-electron chi connectivity index (χ2n) is 10.5. The van der Waals surface area contributed by atoms with Crippen LogP contribution in [0.1, 0.15) is 53.4 Å². The Kier molecular flexibility index (Phi) is 9.38. The molecule has 0 unspecified atom stereocenters. The normalized spacial score (nSPS) is 17.5.